The van der Waals surface area contributed by atoms with Crippen LogP contribution in [0.5, 0.6) is 0 Å². The molecule has 7 nitrogen and oxygen atoms in total. The van der Waals surface area contributed by atoms with Crippen LogP contribution < -0.4 is 5.32 Å². The Hall–Kier alpha value is -1.63. The van der Waals surface area contributed by atoms with Gasteiger partial charge in [-0.05, 0) is 6.42 Å². The third-order valence-corrected chi connectivity index (χ3v) is 4.55. The van der Waals surface area contributed by atoms with E-state index in [0.29, 0.717) is 11.5 Å². The Morgan fingerprint density at radius 2 is 2.14 bits per heavy atom. The van der Waals surface area contributed by atoms with Gasteiger partial charge in [0.2, 0.25) is 5.82 Å². The molecule has 2 unspecified atom stereocenters. The lowest BCUT2D eigenvalue weighted by Crippen LogP contribution is -2.57. The summed E-state index contributed by atoms with van der Waals surface area (Å²) in [6, 6.07) is 0.136. The average Bonchev–Trinajstić information content (AvgIpc) is 2.71. The molecule has 1 N–H and O–H groups in total. The van der Waals surface area contributed by atoms with Crippen LogP contribution in [-0.4, -0.2) is 34.0 Å². The van der Waals surface area contributed by atoms with Crippen molar-refractivity contribution in [1.82, 2.24) is 9.78 Å². The molecular weight excluding hydrogens is 272 g/mol. The van der Waals surface area contributed by atoms with Crippen molar-refractivity contribution < 1.29 is 9.66 Å². The molecule has 1 aromatic heterocycles. The smallest absolute Gasteiger partial charge is 0.334 e. The van der Waals surface area contributed by atoms with Crippen LogP contribution in [0.4, 0.5) is 11.5 Å². The minimum absolute atomic E-state index is 0.00766. The number of aromatic nitrogens is 2. The van der Waals surface area contributed by atoms with Crippen LogP contribution in [-0.2, 0) is 11.8 Å². The Balaban J connectivity index is 2.31. The SMILES string of the molecule is COC1CC(Nc2c([N+](=O)[O-])c(C(C)C)nn2C)C1(C)C. The van der Waals surface area contributed by atoms with Gasteiger partial charge in [0.15, 0.2) is 0 Å². The van der Waals surface area contributed by atoms with Gasteiger partial charge in [-0.2, -0.15) is 5.10 Å². The van der Waals surface area contributed by atoms with Gasteiger partial charge < -0.3 is 10.1 Å². The zero-order chi connectivity index (χ0) is 15.9. The van der Waals surface area contributed by atoms with E-state index >= 15 is 0 Å². The minimum atomic E-state index is -0.343. The Bertz CT molecular complexity index is 551. The summed E-state index contributed by atoms with van der Waals surface area (Å²) in [5.74, 6) is 0.490. The van der Waals surface area contributed by atoms with E-state index in [4.69, 9.17) is 4.74 Å². The number of methoxy groups -OCH3 is 1. The predicted octanol–water partition coefficient (Wildman–Crippen LogP) is 2.68. The fourth-order valence-corrected chi connectivity index (χ4v) is 2.96. The first-order chi connectivity index (χ1) is 9.70. The molecule has 0 bridgehead atoms. The lowest BCUT2D eigenvalue weighted by atomic mass is 9.64. The van der Waals surface area contributed by atoms with Gasteiger partial charge in [0.25, 0.3) is 0 Å². The summed E-state index contributed by atoms with van der Waals surface area (Å²) in [7, 11) is 3.44. The number of nitro groups is 1. The molecule has 2 rings (SSSR count). The maximum Gasteiger partial charge on any atom is 0.334 e. The van der Waals surface area contributed by atoms with E-state index in [1.807, 2.05) is 13.8 Å². The van der Waals surface area contributed by atoms with Crippen LogP contribution in [0.25, 0.3) is 0 Å². The standard InChI is InChI=1S/C14H24N4O3/c1-8(2)11-12(18(19)20)13(17(5)16-11)15-9-7-10(21-6)14(9,3)4/h8-10,15H,7H2,1-6H3. The van der Waals surface area contributed by atoms with Crippen molar-refractivity contribution >= 4 is 11.5 Å². The van der Waals surface area contributed by atoms with Crippen LogP contribution in [0.1, 0.15) is 45.7 Å². The zero-order valence-corrected chi connectivity index (χ0v) is 13.5. The number of nitrogens with one attached hydrogen (secondary N) is 1. The predicted molar refractivity (Wildman–Crippen MR) is 80.6 cm³/mol. The van der Waals surface area contributed by atoms with Crippen LogP contribution in [0.15, 0.2) is 0 Å². The fourth-order valence-electron chi connectivity index (χ4n) is 2.96. The van der Waals surface area contributed by atoms with E-state index in [2.05, 4.69) is 24.3 Å². The molecule has 118 valence electrons. The van der Waals surface area contributed by atoms with Crippen molar-refractivity contribution in [2.75, 3.05) is 12.4 Å². The summed E-state index contributed by atoms with van der Waals surface area (Å²) < 4.78 is 7.00. The number of anilines is 1. The molecular formula is C14H24N4O3. The van der Waals surface area contributed by atoms with Crippen molar-refractivity contribution in [2.24, 2.45) is 12.5 Å². The number of rotatable bonds is 5. The number of aryl methyl sites for hydroxylation is 1. The lowest BCUT2D eigenvalue weighted by Gasteiger charge is -2.51. The quantitative estimate of drug-likeness (QED) is 0.667. The molecule has 1 heterocycles. The third kappa shape index (κ3) is 2.50. The van der Waals surface area contributed by atoms with E-state index in [9.17, 15) is 10.1 Å². The molecule has 7 heteroatoms. The summed E-state index contributed by atoms with van der Waals surface area (Å²) in [6.07, 6.45) is 1.01. The maximum absolute atomic E-state index is 11.4. The number of ether oxygens (including phenoxy) is 1. The summed E-state index contributed by atoms with van der Waals surface area (Å²) in [5, 5.41) is 19.0. The normalized spacial score (nSPS) is 24.0. The molecule has 0 amide bonds. The van der Waals surface area contributed by atoms with Gasteiger partial charge in [-0.15, -0.1) is 0 Å². The van der Waals surface area contributed by atoms with Gasteiger partial charge in [0, 0.05) is 31.5 Å². The Morgan fingerprint density at radius 3 is 2.57 bits per heavy atom. The second-order valence-electron chi connectivity index (χ2n) is 6.60. The van der Waals surface area contributed by atoms with Crippen molar-refractivity contribution in [3.05, 3.63) is 15.8 Å². The van der Waals surface area contributed by atoms with Gasteiger partial charge in [0.1, 0.15) is 5.69 Å². The van der Waals surface area contributed by atoms with Crippen molar-refractivity contribution in [3.8, 4) is 0 Å². The molecule has 1 aliphatic rings. The molecule has 0 radical (unpaired) electrons. The second kappa shape index (κ2) is 5.29. The highest BCUT2D eigenvalue weighted by Crippen LogP contribution is 2.45. The third-order valence-electron chi connectivity index (χ3n) is 4.55. The number of hydrogen-bond donors (Lipinski definition) is 1. The molecule has 0 aromatic carbocycles. The molecule has 0 aliphatic heterocycles. The highest BCUT2D eigenvalue weighted by atomic mass is 16.6. The summed E-state index contributed by atoms with van der Waals surface area (Å²) in [5.41, 5.74) is 0.541. The molecule has 1 saturated carbocycles. The summed E-state index contributed by atoms with van der Waals surface area (Å²) in [4.78, 5) is 11.1. The van der Waals surface area contributed by atoms with Gasteiger partial charge in [-0.3, -0.25) is 10.1 Å². The maximum atomic E-state index is 11.4. The van der Waals surface area contributed by atoms with Crippen LogP contribution >= 0.6 is 0 Å². The molecule has 1 aromatic rings. The monoisotopic (exact) mass is 296 g/mol. The molecule has 21 heavy (non-hydrogen) atoms. The Morgan fingerprint density at radius 1 is 1.52 bits per heavy atom. The van der Waals surface area contributed by atoms with Crippen molar-refractivity contribution in [2.45, 2.75) is 52.2 Å². The zero-order valence-electron chi connectivity index (χ0n) is 13.5. The van der Waals surface area contributed by atoms with E-state index in [0.717, 1.165) is 6.42 Å². The van der Waals surface area contributed by atoms with Gasteiger partial charge in [-0.1, -0.05) is 27.7 Å². The van der Waals surface area contributed by atoms with E-state index in [-0.39, 0.29) is 34.1 Å². The number of nitrogens with zero attached hydrogens (tertiary/aromatic N) is 3. The van der Waals surface area contributed by atoms with Gasteiger partial charge in [-0.25, -0.2) is 4.68 Å². The van der Waals surface area contributed by atoms with Crippen LogP contribution in [0.3, 0.4) is 0 Å². The molecule has 0 saturated heterocycles. The van der Waals surface area contributed by atoms with Crippen molar-refractivity contribution in [3.63, 3.8) is 0 Å². The lowest BCUT2D eigenvalue weighted by molar-refractivity contribution is -0.384. The van der Waals surface area contributed by atoms with Gasteiger partial charge >= 0.3 is 5.69 Å². The average molecular weight is 296 g/mol. The first-order valence-corrected chi connectivity index (χ1v) is 7.20. The Kier molecular flexibility index (Phi) is 3.97. The van der Waals surface area contributed by atoms with Crippen LogP contribution in [0, 0.1) is 15.5 Å². The number of hydrogen-bond acceptors (Lipinski definition) is 5. The first-order valence-electron chi connectivity index (χ1n) is 7.20. The minimum Gasteiger partial charge on any atom is -0.381 e. The largest absolute Gasteiger partial charge is 0.381 e. The summed E-state index contributed by atoms with van der Waals surface area (Å²) >= 11 is 0. The van der Waals surface area contributed by atoms with Crippen molar-refractivity contribution in [1.29, 1.82) is 0 Å². The van der Waals surface area contributed by atoms with Gasteiger partial charge in [0.05, 0.1) is 11.0 Å². The second-order valence-corrected chi connectivity index (χ2v) is 6.60. The van der Waals surface area contributed by atoms with E-state index in [1.165, 1.54) is 0 Å². The topological polar surface area (TPSA) is 82.2 Å². The molecule has 0 spiro atoms. The highest BCUT2D eigenvalue weighted by molar-refractivity contribution is 5.61. The Labute approximate surface area is 124 Å². The van der Waals surface area contributed by atoms with E-state index in [1.54, 1.807) is 18.8 Å². The first kappa shape index (κ1) is 15.8. The summed E-state index contributed by atoms with van der Waals surface area (Å²) in [6.45, 7) is 8.03. The molecule has 1 fully saturated rings. The highest BCUT2D eigenvalue weighted by Gasteiger charge is 2.49. The van der Waals surface area contributed by atoms with Crippen LogP contribution in [0.2, 0.25) is 0 Å². The fraction of sp³-hybridized carbons (Fsp3) is 0.786. The van der Waals surface area contributed by atoms with E-state index < -0.39 is 0 Å². The molecule has 2 atom stereocenters. The molecule has 1 aliphatic carbocycles.